The maximum absolute atomic E-state index is 14.5. The summed E-state index contributed by atoms with van der Waals surface area (Å²) in [5.41, 5.74) is 2.53. The number of esters is 1. The molecule has 0 N–H and O–H groups in total. The second-order valence-corrected chi connectivity index (χ2v) is 6.55. The summed E-state index contributed by atoms with van der Waals surface area (Å²) in [5, 5.41) is 0. The van der Waals surface area contributed by atoms with Crippen LogP contribution >= 0.6 is 0 Å². The molecule has 0 fully saturated rings. The summed E-state index contributed by atoms with van der Waals surface area (Å²) >= 11 is 0. The Hall–Kier alpha value is -3.79. The van der Waals surface area contributed by atoms with Gasteiger partial charge in [0.2, 0.25) is 5.88 Å². The number of aryl methyl sites for hydroxylation is 1. The van der Waals surface area contributed by atoms with E-state index in [-0.39, 0.29) is 30.2 Å². The Morgan fingerprint density at radius 2 is 1.87 bits per heavy atom. The summed E-state index contributed by atoms with van der Waals surface area (Å²) in [5.74, 6) is -1.33. The number of ether oxygens (including phenoxy) is 2. The molecule has 1 heterocycles. The van der Waals surface area contributed by atoms with Gasteiger partial charge in [-0.1, -0.05) is 24.3 Å². The molecule has 0 aliphatic carbocycles. The first kappa shape index (κ1) is 20.9. The molecule has 3 rings (SSSR count). The number of rotatable bonds is 6. The van der Waals surface area contributed by atoms with Gasteiger partial charge >= 0.3 is 5.97 Å². The summed E-state index contributed by atoms with van der Waals surface area (Å²) in [7, 11) is 1.25. The smallest absolute Gasteiger partial charge is 0.310 e. The normalized spacial score (nSPS) is 10.4. The van der Waals surface area contributed by atoms with Crippen LogP contribution in [0, 0.1) is 25.1 Å². The monoisotopic (exact) mass is 408 g/mol. The zero-order valence-electron chi connectivity index (χ0n) is 16.4. The van der Waals surface area contributed by atoms with Gasteiger partial charge in [-0.25, -0.2) is 18.6 Å². The third kappa shape index (κ3) is 4.78. The molecule has 0 aliphatic rings. The van der Waals surface area contributed by atoms with E-state index >= 15 is 0 Å². The van der Waals surface area contributed by atoms with Gasteiger partial charge < -0.3 is 9.47 Å². The number of benzene rings is 2. The number of hydrogen-bond donors (Lipinski definition) is 0. The Morgan fingerprint density at radius 1 is 1.10 bits per heavy atom. The van der Waals surface area contributed by atoms with Gasteiger partial charge in [-0.05, 0) is 36.2 Å². The molecule has 7 heteroatoms. The lowest BCUT2D eigenvalue weighted by molar-refractivity contribution is -0.139. The SMILES string of the molecule is [C-]#[N+]c1ccc(COc2cccc(-c3cc(F)c(CC(=O)OC)cc3C)n2)c(F)c1. The van der Waals surface area contributed by atoms with Crippen LogP contribution < -0.4 is 4.74 Å². The quantitative estimate of drug-likeness (QED) is 0.417. The van der Waals surface area contributed by atoms with Crippen LogP contribution in [0.1, 0.15) is 16.7 Å². The highest BCUT2D eigenvalue weighted by atomic mass is 19.1. The number of carbonyl (C=O) groups is 1. The summed E-state index contributed by atoms with van der Waals surface area (Å²) in [6.45, 7) is 8.64. The molecule has 0 aliphatic heterocycles. The van der Waals surface area contributed by atoms with E-state index in [1.807, 2.05) is 0 Å². The van der Waals surface area contributed by atoms with Crippen LogP contribution in [0.25, 0.3) is 16.1 Å². The van der Waals surface area contributed by atoms with E-state index in [0.29, 0.717) is 16.8 Å². The van der Waals surface area contributed by atoms with Crippen molar-refractivity contribution in [1.82, 2.24) is 4.98 Å². The molecular weight excluding hydrogens is 390 g/mol. The molecule has 0 unspecified atom stereocenters. The van der Waals surface area contributed by atoms with E-state index < -0.39 is 17.6 Å². The van der Waals surface area contributed by atoms with Gasteiger partial charge in [0.15, 0.2) is 5.69 Å². The molecule has 0 saturated heterocycles. The largest absolute Gasteiger partial charge is 0.473 e. The fourth-order valence-corrected chi connectivity index (χ4v) is 2.90. The summed E-state index contributed by atoms with van der Waals surface area (Å²) < 4.78 is 38.7. The predicted octanol–water partition coefficient (Wildman–Crippen LogP) is 5.18. The van der Waals surface area contributed by atoms with Crippen LogP contribution in [0.4, 0.5) is 14.5 Å². The minimum Gasteiger partial charge on any atom is -0.473 e. The molecule has 30 heavy (non-hydrogen) atoms. The van der Waals surface area contributed by atoms with Crippen molar-refractivity contribution in [2.24, 2.45) is 0 Å². The fourth-order valence-electron chi connectivity index (χ4n) is 2.90. The molecule has 0 amide bonds. The third-order valence-corrected chi connectivity index (χ3v) is 4.50. The van der Waals surface area contributed by atoms with Crippen molar-refractivity contribution >= 4 is 11.7 Å². The molecule has 152 valence electrons. The average Bonchev–Trinajstić information content (AvgIpc) is 2.75. The Balaban J connectivity index is 1.81. The predicted molar refractivity (Wildman–Crippen MR) is 107 cm³/mol. The minimum absolute atomic E-state index is 0.0635. The molecule has 0 saturated carbocycles. The molecule has 5 nitrogen and oxygen atoms in total. The van der Waals surface area contributed by atoms with Crippen LogP contribution in [0.15, 0.2) is 48.5 Å². The number of pyridine rings is 1. The van der Waals surface area contributed by atoms with Crippen LogP contribution in [0.5, 0.6) is 5.88 Å². The first-order valence-electron chi connectivity index (χ1n) is 9.03. The zero-order valence-corrected chi connectivity index (χ0v) is 16.4. The van der Waals surface area contributed by atoms with Gasteiger partial charge in [-0.2, -0.15) is 0 Å². The van der Waals surface area contributed by atoms with Gasteiger partial charge in [-0.3, -0.25) is 4.79 Å². The van der Waals surface area contributed by atoms with E-state index in [9.17, 15) is 13.6 Å². The second kappa shape index (κ2) is 9.14. The Morgan fingerprint density at radius 3 is 2.57 bits per heavy atom. The third-order valence-electron chi connectivity index (χ3n) is 4.50. The maximum Gasteiger partial charge on any atom is 0.310 e. The van der Waals surface area contributed by atoms with E-state index in [1.165, 1.54) is 25.3 Å². The number of aromatic nitrogens is 1. The van der Waals surface area contributed by atoms with Gasteiger partial charge in [0.1, 0.15) is 18.2 Å². The Bertz CT molecular complexity index is 1140. The standard InChI is InChI=1S/C23H18F2N2O3/c1-14-9-16(10-23(28)29-3)20(25)12-18(14)21-5-4-6-22(27-21)30-13-15-7-8-17(26-2)11-19(15)24/h4-9,11-12H,10,13H2,1,3H3. The number of hydrogen-bond acceptors (Lipinski definition) is 4. The molecule has 1 aromatic heterocycles. The number of methoxy groups -OCH3 is 1. The molecule has 0 radical (unpaired) electrons. The first-order valence-corrected chi connectivity index (χ1v) is 9.03. The fraction of sp³-hybridized carbons (Fsp3) is 0.174. The highest BCUT2D eigenvalue weighted by Crippen LogP contribution is 2.27. The molecule has 0 bridgehead atoms. The van der Waals surface area contributed by atoms with Crippen molar-refractivity contribution < 1.29 is 23.0 Å². The minimum atomic E-state index is -0.531. The second-order valence-electron chi connectivity index (χ2n) is 6.55. The zero-order chi connectivity index (χ0) is 21.7. The molecule has 3 aromatic rings. The maximum atomic E-state index is 14.5. The van der Waals surface area contributed by atoms with Crippen molar-refractivity contribution in [2.75, 3.05) is 7.11 Å². The Labute approximate surface area is 172 Å². The number of nitrogens with zero attached hydrogens (tertiary/aromatic N) is 2. The topological polar surface area (TPSA) is 52.8 Å². The molecule has 2 aromatic carbocycles. The van der Waals surface area contributed by atoms with E-state index in [4.69, 9.17) is 11.3 Å². The highest BCUT2D eigenvalue weighted by Gasteiger charge is 2.14. The van der Waals surface area contributed by atoms with Crippen molar-refractivity contribution in [3.05, 3.63) is 88.3 Å². The first-order chi connectivity index (χ1) is 14.4. The van der Waals surface area contributed by atoms with E-state index in [2.05, 4.69) is 14.6 Å². The van der Waals surface area contributed by atoms with Crippen LogP contribution in [0.2, 0.25) is 0 Å². The molecule has 0 spiro atoms. The van der Waals surface area contributed by atoms with E-state index in [0.717, 1.165) is 11.6 Å². The van der Waals surface area contributed by atoms with Crippen molar-refractivity contribution in [3.63, 3.8) is 0 Å². The van der Waals surface area contributed by atoms with Gasteiger partial charge in [0.25, 0.3) is 0 Å². The number of halogens is 2. The van der Waals surface area contributed by atoms with Crippen molar-refractivity contribution in [1.29, 1.82) is 0 Å². The average molecular weight is 408 g/mol. The van der Waals surface area contributed by atoms with Crippen molar-refractivity contribution in [3.8, 4) is 17.1 Å². The highest BCUT2D eigenvalue weighted by molar-refractivity contribution is 5.73. The lowest BCUT2D eigenvalue weighted by atomic mass is 10.00. The Kier molecular flexibility index (Phi) is 6.38. The van der Waals surface area contributed by atoms with Gasteiger partial charge in [0.05, 0.1) is 25.8 Å². The summed E-state index contributed by atoms with van der Waals surface area (Å²) in [6.07, 6.45) is -0.155. The van der Waals surface area contributed by atoms with Gasteiger partial charge in [-0.15, -0.1) is 0 Å². The van der Waals surface area contributed by atoms with Crippen molar-refractivity contribution in [2.45, 2.75) is 20.0 Å². The number of carbonyl (C=O) groups excluding carboxylic acids is 1. The summed E-state index contributed by atoms with van der Waals surface area (Å²) in [4.78, 5) is 19.0. The van der Waals surface area contributed by atoms with E-state index in [1.54, 1.807) is 31.2 Å². The lowest BCUT2D eigenvalue weighted by Gasteiger charge is -2.11. The van der Waals surface area contributed by atoms with Crippen LogP contribution in [0.3, 0.4) is 0 Å². The summed E-state index contributed by atoms with van der Waals surface area (Å²) in [6, 6.07) is 12.1. The molecular formula is C23H18F2N2O3. The van der Waals surface area contributed by atoms with Crippen LogP contribution in [-0.4, -0.2) is 18.1 Å². The van der Waals surface area contributed by atoms with Gasteiger partial charge in [0, 0.05) is 17.2 Å². The molecule has 0 atom stereocenters. The lowest BCUT2D eigenvalue weighted by Crippen LogP contribution is -2.07. The van der Waals surface area contributed by atoms with Crippen LogP contribution in [-0.2, 0) is 22.6 Å².